The van der Waals surface area contributed by atoms with Crippen molar-refractivity contribution in [3.8, 4) is 0 Å². The molecule has 0 aromatic carbocycles. The van der Waals surface area contributed by atoms with Crippen molar-refractivity contribution in [1.29, 1.82) is 0 Å². The molecule has 0 saturated carbocycles. The summed E-state index contributed by atoms with van der Waals surface area (Å²) in [7, 11) is 0. The third kappa shape index (κ3) is 6.82. The summed E-state index contributed by atoms with van der Waals surface area (Å²) in [5.74, 6) is -0.124. The van der Waals surface area contributed by atoms with Gasteiger partial charge in [0.25, 0.3) is 5.56 Å². The summed E-state index contributed by atoms with van der Waals surface area (Å²) in [4.78, 5) is 45.1. The first-order chi connectivity index (χ1) is 15.2. The maximum absolute atomic E-state index is 13.4. The molecule has 2 aromatic rings. The van der Waals surface area contributed by atoms with Gasteiger partial charge in [-0.1, -0.05) is 44.9 Å². The number of aromatic amines is 1. The summed E-state index contributed by atoms with van der Waals surface area (Å²) in [6, 6.07) is 3.74. The van der Waals surface area contributed by atoms with E-state index in [1.165, 1.54) is 20.8 Å². The second kappa shape index (κ2) is 12.0. The first-order valence-electron chi connectivity index (χ1n) is 10.7. The minimum atomic E-state index is -0.655. The number of nitrogens with zero attached hydrogens (tertiary/aromatic N) is 3. The maximum atomic E-state index is 13.4. The molecule has 0 radical (unpaired) electrons. The molecular formula is C22H32ClN5O3S. The molecule has 0 fully saturated rings. The fraction of sp³-hybridized carbons (Fsp3) is 0.500. The quantitative estimate of drug-likeness (QED) is 0.452. The van der Waals surface area contributed by atoms with Gasteiger partial charge in [0, 0.05) is 31.1 Å². The zero-order valence-corrected chi connectivity index (χ0v) is 20.5. The number of nitrogens with two attached hydrogens (primary N) is 1. The number of halogens is 1. The average Bonchev–Trinajstić information content (AvgIpc) is 3.12. The summed E-state index contributed by atoms with van der Waals surface area (Å²) in [5.41, 5.74) is 5.07. The molecule has 3 N–H and O–H groups in total. The van der Waals surface area contributed by atoms with Crippen molar-refractivity contribution in [3.05, 3.63) is 54.8 Å². The number of hydrogen-bond donors (Lipinski definition) is 2. The number of thiophene rings is 1. The molecule has 10 heteroatoms. The number of rotatable bonds is 12. The Bertz CT molecular complexity index is 1040. The first-order valence-corrected chi connectivity index (χ1v) is 11.9. The topological polar surface area (TPSA) is 104 Å². The van der Waals surface area contributed by atoms with Gasteiger partial charge in [-0.05, 0) is 24.5 Å². The first kappa shape index (κ1) is 25.9. The van der Waals surface area contributed by atoms with E-state index >= 15 is 0 Å². The third-order valence-electron chi connectivity index (χ3n) is 4.82. The average molecular weight is 482 g/mol. The predicted molar refractivity (Wildman–Crippen MR) is 133 cm³/mol. The Morgan fingerprint density at radius 3 is 2.66 bits per heavy atom. The Balaban J connectivity index is 2.39. The highest BCUT2D eigenvalue weighted by Gasteiger charge is 2.25. The summed E-state index contributed by atoms with van der Waals surface area (Å²) < 4.78 is 2.00. The van der Waals surface area contributed by atoms with Gasteiger partial charge in [-0.15, -0.1) is 17.9 Å². The molecular weight excluding hydrogens is 450 g/mol. The maximum Gasteiger partial charge on any atom is 0.330 e. The second-order valence-corrected chi connectivity index (χ2v) is 9.86. The highest BCUT2D eigenvalue weighted by Crippen LogP contribution is 2.23. The number of nitrogen functional groups attached to an aromatic ring is 1. The minimum Gasteiger partial charge on any atom is -0.383 e. The molecule has 32 heavy (non-hydrogen) atoms. The van der Waals surface area contributed by atoms with Crippen molar-refractivity contribution in [2.75, 3.05) is 30.3 Å². The van der Waals surface area contributed by atoms with Crippen molar-refractivity contribution >= 4 is 40.4 Å². The number of H-pyrrole nitrogens is 1. The molecule has 8 nitrogen and oxygen atoms in total. The fourth-order valence-corrected chi connectivity index (χ4v) is 4.49. The van der Waals surface area contributed by atoms with Crippen LogP contribution in [-0.4, -0.2) is 40.0 Å². The lowest BCUT2D eigenvalue weighted by Gasteiger charge is -2.28. The van der Waals surface area contributed by atoms with Gasteiger partial charge in [-0.3, -0.25) is 24.0 Å². The van der Waals surface area contributed by atoms with Gasteiger partial charge in [0.2, 0.25) is 5.91 Å². The van der Waals surface area contributed by atoms with Gasteiger partial charge in [0.05, 0.1) is 10.9 Å². The molecule has 0 bridgehead atoms. The van der Waals surface area contributed by atoms with Crippen LogP contribution in [0.5, 0.6) is 0 Å². The third-order valence-corrected chi connectivity index (χ3v) is 6.04. The lowest BCUT2D eigenvalue weighted by atomic mass is 10.2. The molecule has 0 atom stereocenters. The van der Waals surface area contributed by atoms with Crippen LogP contribution in [0.3, 0.4) is 0 Å². The standard InChI is InChI=1S/C22H32ClN5O3S/c1-5-7-11-27(19-20(24)28(12-15(3)4)22(31)25-21(19)30)18(29)14-26(10-6-2)13-16-8-9-17(23)32-16/h6,8-9,15H,2,5,7,10-14,24H2,1,3-4H3,(H,25,30,31). The summed E-state index contributed by atoms with van der Waals surface area (Å²) in [5, 5.41) is 0. The Kier molecular flexibility index (Phi) is 9.74. The molecule has 176 valence electrons. The predicted octanol–water partition coefficient (Wildman–Crippen LogP) is 3.31. The van der Waals surface area contributed by atoms with E-state index in [-0.39, 0.29) is 29.9 Å². The van der Waals surface area contributed by atoms with E-state index in [1.807, 2.05) is 37.8 Å². The molecule has 2 rings (SSSR count). The highest BCUT2D eigenvalue weighted by molar-refractivity contribution is 7.16. The van der Waals surface area contributed by atoms with Crippen LogP contribution in [0.25, 0.3) is 0 Å². The van der Waals surface area contributed by atoms with E-state index in [9.17, 15) is 14.4 Å². The van der Waals surface area contributed by atoms with Crippen LogP contribution in [0.2, 0.25) is 4.34 Å². The Morgan fingerprint density at radius 1 is 1.38 bits per heavy atom. The fourth-order valence-electron chi connectivity index (χ4n) is 3.36. The van der Waals surface area contributed by atoms with E-state index in [0.717, 1.165) is 11.3 Å². The number of carbonyl (C=O) groups is 1. The minimum absolute atomic E-state index is 0.0113. The zero-order chi connectivity index (χ0) is 23.8. The molecule has 0 unspecified atom stereocenters. The van der Waals surface area contributed by atoms with Crippen molar-refractivity contribution in [2.45, 2.75) is 46.7 Å². The van der Waals surface area contributed by atoms with Crippen LogP contribution in [0, 0.1) is 5.92 Å². The van der Waals surface area contributed by atoms with E-state index in [2.05, 4.69) is 11.6 Å². The van der Waals surface area contributed by atoms with E-state index in [0.29, 0.717) is 36.9 Å². The largest absolute Gasteiger partial charge is 0.383 e. The van der Waals surface area contributed by atoms with Crippen LogP contribution in [0.4, 0.5) is 11.5 Å². The monoisotopic (exact) mass is 481 g/mol. The van der Waals surface area contributed by atoms with Gasteiger partial charge in [0.15, 0.2) is 5.69 Å². The summed E-state index contributed by atoms with van der Waals surface area (Å²) >= 11 is 7.49. The molecule has 1 amide bonds. The molecule has 0 aliphatic rings. The van der Waals surface area contributed by atoms with Crippen LogP contribution in [0.15, 0.2) is 34.4 Å². The van der Waals surface area contributed by atoms with E-state index in [4.69, 9.17) is 17.3 Å². The van der Waals surface area contributed by atoms with Crippen LogP contribution in [-0.2, 0) is 17.9 Å². The molecule has 2 heterocycles. The van der Waals surface area contributed by atoms with Gasteiger partial charge >= 0.3 is 5.69 Å². The summed E-state index contributed by atoms with van der Waals surface area (Å²) in [6.45, 7) is 11.4. The molecule has 0 aliphatic carbocycles. The molecule has 0 aliphatic heterocycles. The Hall–Kier alpha value is -2.36. The SMILES string of the molecule is C=CCN(CC(=O)N(CCCC)c1c(N)n(CC(C)C)c(=O)[nH]c1=O)Cc1ccc(Cl)s1. The number of unbranched alkanes of at least 4 members (excludes halogenated alkanes) is 1. The Labute approximate surface area is 197 Å². The molecule has 0 spiro atoms. The van der Waals surface area contributed by atoms with E-state index < -0.39 is 11.2 Å². The van der Waals surface area contributed by atoms with Crippen molar-refractivity contribution in [1.82, 2.24) is 14.5 Å². The highest BCUT2D eigenvalue weighted by atomic mass is 35.5. The summed E-state index contributed by atoms with van der Waals surface area (Å²) in [6.07, 6.45) is 3.25. The molecule has 0 saturated heterocycles. The van der Waals surface area contributed by atoms with Gasteiger partial charge in [-0.25, -0.2) is 4.79 Å². The normalized spacial score (nSPS) is 11.3. The van der Waals surface area contributed by atoms with Crippen molar-refractivity contribution < 1.29 is 4.79 Å². The number of hydrogen-bond acceptors (Lipinski definition) is 6. The van der Waals surface area contributed by atoms with Gasteiger partial charge in [0.1, 0.15) is 5.82 Å². The van der Waals surface area contributed by atoms with Crippen molar-refractivity contribution in [2.24, 2.45) is 5.92 Å². The number of amides is 1. The second-order valence-electron chi connectivity index (χ2n) is 8.06. The number of nitrogens with one attached hydrogen (secondary N) is 1. The lowest BCUT2D eigenvalue weighted by Crippen LogP contribution is -2.45. The van der Waals surface area contributed by atoms with Crippen LogP contribution < -0.4 is 21.9 Å². The van der Waals surface area contributed by atoms with Gasteiger partial charge in [-0.2, -0.15) is 0 Å². The van der Waals surface area contributed by atoms with Crippen molar-refractivity contribution in [3.63, 3.8) is 0 Å². The lowest BCUT2D eigenvalue weighted by molar-refractivity contribution is -0.119. The number of carbonyl (C=O) groups excluding carboxylic acids is 1. The number of aromatic nitrogens is 2. The number of anilines is 2. The molecule has 2 aromatic heterocycles. The smallest absolute Gasteiger partial charge is 0.330 e. The Morgan fingerprint density at radius 2 is 2.09 bits per heavy atom. The van der Waals surface area contributed by atoms with Crippen LogP contribution >= 0.6 is 22.9 Å². The van der Waals surface area contributed by atoms with E-state index in [1.54, 1.807) is 6.08 Å². The van der Waals surface area contributed by atoms with Gasteiger partial charge < -0.3 is 10.6 Å². The zero-order valence-electron chi connectivity index (χ0n) is 18.9. The van der Waals surface area contributed by atoms with Crippen LogP contribution in [0.1, 0.15) is 38.5 Å².